The van der Waals surface area contributed by atoms with Gasteiger partial charge in [-0.05, 0) is 99.5 Å². The summed E-state index contributed by atoms with van der Waals surface area (Å²) in [5.74, 6) is 2.70. The zero-order chi connectivity index (χ0) is 31.4. The summed E-state index contributed by atoms with van der Waals surface area (Å²) in [4.78, 5) is 4.46. The molecule has 0 heterocycles. The van der Waals surface area contributed by atoms with Crippen LogP contribution in [0.5, 0.6) is 23.0 Å². The van der Waals surface area contributed by atoms with Crippen LogP contribution < -0.4 is 28.7 Å². The molecule has 0 aromatic heterocycles. The second-order valence-electron chi connectivity index (χ2n) is 10.8. The average molecular weight is 589 g/mol. The van der Waals surface area contributed by atoms with Gasteiger partial charge in [-0.1, -0.05) is 35.4 Å². The van der Waals surface area contributed by atoms with Gasteiger partial charge in [0.25, 0.3) is 0 Å². The van der Waals surface area contributed by atoms with Crippen LogP contribution >= 0.6 is 0 Å². The summed E-state index contributed by atoms with van der Waals surface area (Å²) in [6, 6.07) is 33.6. The Labute approximate surface area is 261 Å². The molecule has 0 amide bonds. The predicted molar refractivity (Wildman–Crippen MR) is 181 cm³/mol. The summed E-state index contributed by atoms with van der Waals surface area (Å²) in [7, 11) is 6.64. The molecule has 5 aromatic carbocycles. The molecule has 0 saturated carbocycles. The SMILES string of the molecule is COc1cc(C)c(N(c2ccc(N(c3ccc(C)cc3)c3ccc(C)cc3)cc2)c2c(OC)cc(OC)cc2OC)c(C)c1. The molecule has 0 radical (unpaired) electrons. The van der Waals surface area contributed by atoms with E-state index in [0.29, 0.717) is 17.2 Å². The van der Waals surface area contributed by atoms with Crippen molar-refractivity contribution in [3.05, 3.63) is 119 Å². The third kappa shape index (κ3) is 6.02. The monoisotopic (exact) mass is 588 g/mol. The van der Waals surface area contributed by atoms with E-state index in [1.165, 1.54) is 11.1 Å². The van der Waals surface area contributed by atoms with Crippen LogP contribution in [0.25, 0.3) is 0 Å². The predicted octanol–water partition coefficient (Wildman–Crippen LogP) is 9.89. The quantitative estimate of drug-likeness (QED) is 0.162. The Balaban J connectivity index is 1.71. The van der Waals surface area contributed by atoms with Crippen molar-refractivity contribution in [1.82, 2.24) is 0 Å². The molecule has 6 nitrogen and oxygen atoms in total. The highest BCUT2D eigenvalue weighted by atomic mass is 16.5. The fraction of sp³-hybridized carbons (Fsp3) is 0.211. The molecule has 226 valence electrons. The van der Waals surface area contributed by atoms with E-state index in [-0.39, 0.29) is 0 Å². The Kier molecular flexibility index (Phi) is 9.00. The Hall–Kier alpha value is -5.10. The molecule has 0 aliphatic carbocycles. The zero-order valence-corrected chi connectivity index (χ0v) is 26.8. The first-order valence-corrected chi connectivity index (χ1v) is 14.6. The third-order valence-corrected chi connectivity index (χ3v) is 7.79. The highest BCUT2D eigenvalue weighted by Gasteiger charge is 2.26. The van der Waals surface area contributed by atoms with Crippen LogP contribution in [0.4, 0.5) is 34.1 Å². The van der Waals surface area contributed by atoms with Crippen LogP contribution in [-0.4, -0.2) is 28.4 Å². The van der Waals surface area contributed by atoms with E-state index in [1.807, 2.05) is 24.3 Å². The molecule has 0 fully saturated rings. The molecular weight excluding hydrogens is 548 g/mol. The van der Waals surface area contributed by atoms with Gasteiger partial charge >= 0.3 is 0 Å². The van der Waals surface area contributed by atoms with Crippen molar-refractivity contribution in [2.45, 2.75) is 27.7 Å². The van der Waals surface area contributed by atoms with E-state index in [1.54, 1.807) is 28.4 Å². The van der Waals surface area contributed by atoms with Gasteiger partial charge in [-0.25, -0.2) is 0 Å². The molecule has 0 saturated heterocycles. The molecular formula is C38H40N2O4. The second kappa shape index (κ2) is 13.0. The number of aryl methyl sites for hydroxylation is 4. The fourth-order valence-corrected chi connectivity index (χ4v) is 5.55. The first kappa shape index (κ1) is 30.4. The molecule has 0 N–H and O–H groups in total. The van der Waals surface area contributed by atoms with Crippen molar-refractivity contribution < 1.29 is 18.9 Å². The molecule has 0 bridgehead atoms. The topological polar surface area (TPSA) is 43.4 Å². The highest BCUT2D eigenvalue weighted by Crippen LogP contribution is 2.50. The summed E-state index contributed by atoms with van der Waals surface area (Å²) in [6.45, 7) is 8.39. The second-order valence-corrected chi connectivity index (χ2v) is 10.8. The molecule has 44 heavy (non-hydrogen) atoms. The van der Waals surface area contributed by atoms with Gasteiger partial charge in [0.05, 0.1) is 34.1 Å². The first-order chi connectivity index (χ1) is 21.3. The minimum Gasteiger partial charge on any atom is -0.497 e. The molecule has 0 atom stereocenters. The normalized spacial score (nSPS) is 10.7. The van der Waals surface area contributed by atoms with Crippen molar-refractivity contribution in [2.24, 2.45) is 0 Å². The molecule has 5 rings (SSSR count). The number of hydrogen-bond acceptors (Lipinski definition) is 6. The van der Waals surface area contributed by atoms with Gasteiger partial charge < -0.3 is 28.7 Å². The molecule has 0 aliphatic rings. The largest absolute Gasteiger partial charge is 0.497 e. The van der Waals surface area contributed by atoms with Crippen molar-refractivity contribution in [2.75, 3.05) is 38.2 Å². The smallest absolute Gasteiger partial charge is 0.150 e. The minimum absolute atomic E-state index is 0.626. The lowest BCUT2D eigenvalue weighted by molar-refractivity contribution is 0.377. The number of hydrogen-bond donors (Lipinski definition) is 0. The maximum atomic E-state index is 5.94. The third-order valence-electron chi connectivity index (χ3n) is 7.79. The minimum atomic E-state index is 0.626. The van der Waals surface area contributed by atoms with E-state index >= 15 is 0 Å². The van der Waals surface area contributed by atoms with E-state index in [2.05, 4.69) is 110 Å². The van der Waals surface area contributed by atoms with E-state index in [0.717, 1.165) is 51.0 Å². The molecule has 6 heteroatoms. The van der Waals surface area contributed by atoms with Gasteiger partial charge in [0.1, 0.15) is 28.7 Å². The van der Waals surface area contributed by atoms with Crippen LogP contribution in [0.1, 0.15) is 22.3 Å². The molecule has 0 aliphatic heterocycles. The van der Waals surface area contributed by atoms with Crippen LogP contribution in [0.2, 0.25) is 0 Å². The van der Waals surface area contributed by atoms with Crippen molar-refractivity contribution >= 4 is 34.1 Å². The Bertz CT molecular complexity index is 1640. The lowest BCUT2D eigenvalue weighted by Crippen LogP contribution is -2.16. The summed E-state index contributed by atoms with van der Waals surface area (Å²) in [5.41, 5.74) is 10.5. The Morgan fingerprint density at radius 2 is 0.727 bits per heavy atom. The fourth-order valence-electron chi connectivity index (χ4n) is 5.55. The van der Waals surface area contributed by atoms with Gasteiger partial charge in [0.2, 0.25) is 0 Å². The van der Waals surface area contributed by atoms with Gasteiger partial charge in [0.15, 0.2) is 0 Å². The van der Waals surface area contributed by atoms with E-state index < -0.39 is 0 Å². The lowest BCUT2D eigenvalue weighted by atomic mass is 10.0. The van der Waals surface area contributed by atoms with Crippen molar-refractivity contribution in [3.63, 3.8) is 0 Å². The summed E-state index contributed by atoms with van der Waals surface area (Å²) in [5, 5.41) is 0. The van der Waals surface area contributed by atoms with Gasteiger partial charge in [-0.2, -0.15) is 0 Å². The van der Waals surface area contributed by atoms with Crippen molar-refractivity contribution in [1.29, 1.82) is 0 Å². The molecule has 0 spiro atoms. The zero-order valence-electron chi connectivity index (χ0n) is 26.8. The maximum Gasteiger partial charge on any atom is 0.150 e. The van der Waals surface area contributed by atoms with Gasteiger partial charge in [-0.3, -0.25) is 0 Å². The molecule has 0 unspecified atom stereocenters. The number of benzene rings is 5. The van der Waals surface area contributed by atoms with Crippen LogP contribution in [0.3, 0.4) is 0 Å². The molecule has 5 aromatic rings. The van der Waals surface area contributed by atoms with Crippen molar-refractivity contribution in [3.8, 4) is 23.0 Å². The Morgan fingerprint density at radius 1 is 0.386 bits per heavy atom. The summed E-state index contributed by atoms with van der Waals surface area (Å²) in [6.07, 6.45) is 0. The number of anilines is 6. The first-order valence-electron chi connectivity index (χ1n) is 14.6. The Morgan fingerprint density at radius 3 is 1.09 bits per heavy atom. The maximum absolute atomic E-state index is 5.94. The average Bonchev–Trinajstić information content (AvgIpc) is 3.04. The lowest BCUT2D eigenvalue weighted by Gasteiger charge is -2.32. The van der Waals surface area contributed by atoms with Gasteiger partial charge in [0, 0.05) is 34.9 Å². The number of methoxy groups -OCH3 is 4. The van der Waals surface area contributed by atoms with Crippen LogP contribution in [0, 0.1) is 27.7 Å². The number of ether oxygens (including phenoxy) is 4. The van der Waals surface area contributed by atoms with Crippen LogP contribution in [-0.2, 0) is 0 Å². The van der Waals surface area contributed by atoms with E-state index in [4.69, 9.17) is 18.9 Å². The number of nitrogens with zero attached hydrogens (tertiary/aromatic N) is 2. The number of rotatable bonds is 10. The highest BCUT2D eigenvalue weighted by molar-refractivity contribution is 5.88. The standard InChI is InChI=1S/C38H40N2O4/c1-25-9-13-29(14-10-25)39(30-15-11-26(2)12-16-30)31-17-19-32(20-18-31)40(37-27(3)21-33(41-5)22-28(37)4)38-35(43-7)23-34(42-6)24-36(38)44-8/h9-24H,1-8H3. The van der Waals surface area contributed by atoms with Crippen LogP contribution in [0.15, 0.2) is 97.1 Å². The summed E-state index contributed by atoms with van der Waals surface area (Å²) < 4.78 is 23.0. The van der Waals surface area contributed by atoms with Gasteiger partial charge in [-0.15, -0.1) is 0 Å². The van der Waals surface area contributed by atoms with E-state index in [9.17, 15) is 0 Å². The summed E-state index contributed by atoms with van der Waals surface area (Å²) >= 11 is 0.